The Morgan fingerprint density at radius 3 is 1.02 bits per heavy atom. The van der Waals surface area contributed by atoms with E-state index in [0.29, 0.717) is 112 Å². The van der Waals surface area contributed by atoms with Gasteiger partial charge in [-0.15, -0.1) is 0 Å². The van der Waals surface area contributed by atoms with Crippen molar-refractivity contribution in [3.8, 4) is 0 Å². The molecule has 248 valence electrons. The van der Waals surface area contributed by atoms with Crippen LogP contribution in [0.3, 0.4) is 0 Å². The molecule has 0 aromatic carbocycles. The normalized spacial score (nSPS) is 11.3. The van der Waals surface area contributed by atoms with Crippen molar-refractivity contribution in [1.29, 1.82) is 0 Å². The molecule has 15 nitrogen and oxygen atoms in total. The number of carbonyl (C=O) groups excluding carboxylic acids is 2. The van der Waals surface area contributed by atoms with E-state index in [9.17, 15) is 14.4 Å². The number of esters is 1. The van der Waals surface area contributed by atoms with Crippen LogP contribution in [0.15, 0.2) is 0 Å². The van der Waals surface area contributed by atoms with Crippen LogP contribution in [0, 0.1) is 0 Å². The molecule has 42 heavy (non-hydrogen) atoms. The van der Waals surface area contributed by atoms with E-state index in [1.54, 1.807) is 0 Å². The van der Waals surface area contributed by atoms with Crippen molar-refractivity contribution in [1.82, 2.24) is 4.90 Å². The number of ketones is 1. The monoisotopic (exact) mass is 613 g/mol. The summed E-state index contributed by atoms with van der Waals surface area (Å²) in [5.41, 5.74) is 0. The summed E-state index contributed by atoms with van der Waals surface area (Å²) < 4.78 is 53.4. The Morgan fingerprint density at radius 2 is 0.738 bits per heavy atom. The van der Waals surface area contributed by atoms with E-state index in [1.165, 1.54) is 0 Å². The second-order valence-electron chi connectivity index (χ2n) is 8.76. The average Bonchev–Trinajstić information content (AvgIpc) is 2.96. The van der Waals surface area contributed by atoms with E-state index in [1.807, 2.05) is 14.1 Å². The maximum absolute atomic E-state index is 11.3. The molecular formula is C27H51NO14. The van der Waals surface area contributed by atoms with Crippen LogP contribution >= 0.6 is 0 Å². The highest BCUT2D eigenvalue weighted by Gasteiger charge is 2.14. The van der Waals surface area contributed by atoms with Crippen LogP contribution < -0.4 is 0 Å². The molecular weight excluding hydrogens is 562 g/mol. The number of hydrogen-bond donors (Lipinski definition) is 1. The minimum absolute atomic E-state index is 0.0174. The summed E-state index contributed by atoms with van der Waals surface area (Å²) in [5.74, 6) is -3.23. The molecule has 0 atom stereocenters. The van der Waals surface area contributed by atoms with Gasteiger partial charge in [0.1, 0.15) is 6.61 Å². The van der Waals surface area contributed by atoms with Crippen molar-refractivity contribution in [3.05, 3.63) is 0 Å². The number of carbonyl (C=O) groups is 3. The van der Waals surface area contributed by atoms with Gasteiger partial charge in [0.15, 0.2) is 0 Å². The summed E-state index contributed by atoms with van der Waals surface area (Å²) in [7, 11) is 4.02. The van der Waals surface area contributed by atoms with Gasteiger partial charge in [-0.2, -0.15) is 0 Å². The maximum Gasteiger partial charge on any atom is 0.372 e. The number of aliphatic carboxylic acids is 1. The van der Waals surface area contributed by atoms with E-state index in [4.69, 9.17) is 52.5 Å². The number of carboxylic acids is 1. The number of rotatable bonds is 34. The van der Waals surface area contributed by atoms with E-state index >= 15 is 0 Å². The molecule has 0 spiro atoms. The molecule has 0 rings (SSSR count). The summed E-state index contributed by atoms with van der Waals surface area (Å²) in [5, 5.41) is 8.43. The highest BCUT2D eigenvalue weighted by molar-refractivity contribution is 6.32. The summed E-state index contributed by atoms with van der Waals surface area (Å²) in [6.45, 7) is 9.35. The summed E-state index contributed by atoms with van der Waals surface area (Å²) in [4.78, 5) is 34.7. The Balaban J connectivity index is 3.13. The highest BCUT2D eigenvalue weighted by Crippen LogP contribution is 1.95. The van der Waals surface area contributed by atoms with E-state index in [0.717, 1.165) is 6.54 Å². The minimum Gasteiger partial charge on any atom is -0.476 e. The number of Topliss-reactive ketones (excluding diaryl/α,β-unsaturated/α-hetero) is 1. The highest BCUT2D eigenvalue weighted by atomic mass is 16.6. The zero-order valence-electron chi connectivity index (χ0n) is 25.3. The van der Waals surface area contributed by atoms with Crippen LogP contribution in [0.4, 0.5) is 0 Å². The third kappa shape index (κ3) is 32.7. The van der Waals surface area contributed by atoms with E-state index < -0.39 is 17.7 Å². The lowest BCUT2D eigenvalue weighted by atomic mass is 10.2. The fourth-order valence-corrected chi connectivity index (χ4v) is 2.72. The molecule has 0 aromatic heterocycles. The second-order valence-corrected chi connectivity index (χ2v) is 8.76. The van der Waals surface area contributed by atoms with E-state index in [-0.39, 0.29) is 26.1 Å². The summed E-state index contributed by atoms with van der Waals surface area (Å²) in [6.07, 6.45) is -0.654. The standard InChI is InChI=1S/C27H51NO14/c1-28(2)5-6-33-7-8-34-9-10-35-11-12-36-13-14-37-15-16-38-17-18-39-19-20-40-21-22-41-23-24-42-26(30)4-3-25(29)27(31)32/h3-24H2,1-2H3,(H,31,32). The molecule has 0 bridgehead atoms. The SMILES string of the molecule is CN(C)CCOCCOCCOCCOCCOCCOCCOCCOCCOCCOC(=O)CCC(=O)C(=O)O. The molecule has 0 aromatic rings. The van der Waals surface area contributed by atoms with Crippen molar-refractivity contribution in [2.45, 2.75) is 12.8 Å². The molecule has 0 heterocycles. The third-order valence-corrected chi connectivity index (χ3v) is 4.94. The first-order valence-corrected chi connectivity index (χ1v) is 14.2. The van der Waals surface area contributed by atoms with Gasteiger partial charge in [0, 0.05) is 13.0 Å². The van der Waals surface area contributed by atoms with Crippen LogP contribution in [0.5, 0.6) is 0 Å². The van der Waals surface area contributed by atoms with Gasteiger partial charge in [-0.05, 0) is 14.1 Å². The summed E-state index contributed by atoms with van der Waals surface area (Å²) in [6, 6.07) is 0. The first kappa shape index (κ1) is 40.2. The van der Waals surface area contributed by atoms with Crippen LogP contribution in [-0.4, -0.2) is 174 Å². The quantitative estimate of drug-likeness (QED) is 0.0569. The van der Waals surface area contributed by atoms with Crippen molar-refractivity contribution in [2.24, 2.45) is 0 Å². The Kier molecular flexibility index (Phi) is 30.8. The Morgan fingerprint density at radius 1 is 0.452 bits per heavy atom. The number of ether oxygens (including phenoxy) is 10. The van der Waals surface area contributed by atoms with Crippen molar-refractivity contribution in [2.75, 3.05) is 146 Å². The van der Waals surface area contributed by atoms with Gasteiger partial charge in [-0.25, -0.2) is 4.79 Å². The molecule has 0 aliphatic heterocycles. The molecule has 0 saturated heterocycles. The first-order chi connectivity index (χ1) is 20.4. The van der Waals surface area contributed by atoms with Gasteiger partial charge < -0.3 is 57.4 Å². The largest absolute Gasteiger partial charge is 0.476 e. The van der Waals surface area contributed by atoms with Crippen LogP contribution in [-0.2, 0) is 61.8 Å². The van der Waals surface area contributed by atoms with Crippen molar-refractivity contribution in [3.63, 3.8) is 0 Å². The van der Waals surface area contributed by atoms with Crippen LogP contribution in [0.2, 0.25) is 0 Å². The smallest absolute Gasteiger partial charge is 0.372 e. The van der Waals surface area contributed by atoms with Gasteiger partial charge in [0.25, 0.3) is 0 Å². The molecule has 0 aliphatic carbocycles. The lowest BCUT2D eigenvalue weighted by Gasteiger charge is -2.10. The lowest BCUT2D eigenvalue weighted by molar-refractivity contribution is -0.151. The van der Waals surface area contributed by atoms with Crippen molar-refractivity contribution >= 4 is 17.7 Å². The predicted octanol–water partition coefficient (Wildman–Crippen LogP) is -0.325. The number of hydrogen-bond acceptors (Lipinski definition) is 14. The van der Waals surface area contributed by atoms with Crippen LogP contribution in [0.1, 0.15) is 12.8 Å². The zero-order chi connectivity index (χ0) is 30.9. The number of likely N-dealkylation sites (N-methyl/N-ethyl adjacent to an activating group) is 1. The average molecular weight is 614 g/mol. The zero-order valence-corrected chi connectivity index (χ0v) is 25.3. The Labute approximate surface area is 248 Å². The molecule has 0 radical (unpaired) electrons. The topological polar surface area (TPSA) is 167 Å². The van der Waals surface area contributed by atoms with Gasteiger partial charge in [-0.1, -0.05) is 0 Å². The molecule has 0 unspecified atom stereocenters. The Bertz CT molecular complexity index is 638. The fraction of sp³-hybridized carbons (Fsp3) is 0.889. The second kappa shape index (κ2) is 32.1. The summed E-state index contributed by atoms with van der Waals surface area (Å²) >= 11 is 0. The third-order valence-electron chi connectivity index (χ3n) is 4.94. The molecule has 1 N–H and O–H groups in total. The molecule has 0 fully saturated rings. The Hall–Kier alpha value is -1.79. The van der Waals surface area contributed by atoms with Gasteiger partial charge >= 0.3 is 11.9 Å². The molecule has 15 heteroatoms. The van der Waals surface area contributed by atoms with Crippen LogP contribution in [0.25, 0.3) is 0 Å². The van der Waals surface area contributed by atoms with Gasteiger partial charge in [0.05, 0.1) is 125 Å². The number of nitrogens with zero attached hydrogens (tertiary/aromatic N) is 1. The van der Waals surface area contributed by atoms with Gasteiger partial charge in [-0.3, -0.25) is 9.59 Å². The van der Waals surface area contributed by atoms with Gasteiger partial charge in [0.2, 0.25) is 5.78 Å². The minimum atomic E-state index is -1.56. The number of carboxylic acid groups (broad SMARTS) is 1. The van der Waals surface area contributed by atoms with Crippen molar-refractivity contribution < 1.29 is 66.9 Å². The first-order valence-electron chi connectivity index (χ1n) is 14.2. The predicted molar refractivity (Wildman–Crippen MR) is 149 cm³/mol. The molecule has 0 saturated carbocycles. The fourth-order valence-electron chi connectivity index (χ4n) is 2.72. The molecule has 0 aliphatic rings. The van der Waals surface area contributed by atoms with E-state index in [2.05, 4.69) is 4.90 Å². The lowest BCUT2D eigenvalue weighted by Crippen LogP contribution is -2.19. The maximum atomic E-state index is 11.3. The molecule has 0 amide bonds.